The molecule has 0 bridgehead atoms. The number of piperidine rings is 1. The number of amides is 2. The molecule has 1 fully saturated rings. The zero-order valence-corrected chi connectivity index (χ0v) is 17.2. The van der Waals surface area contributed by atoms with Crippen LogP contribution in [0.5, 0.6) is 11.5 Å². The maximum Gasteiger partial charge on any atom is 0.262 e. The lowest BCUT2D eigenvalue weighted by atomic mass is 9.81. The predicted molar refractivity (Wildman–Crippen MR) is 108 cm³/mol. The van der Waals surface area contributed by atoms with Crippen molar-refractivity contribution < 1.29 is 23.9 Å². The van der Waals surface area contributed by atoms with E-state index in [4.69, 9.17) is 15.2 Å². The summed E-state index contributed by atoms with van der Waals surface area (Å²) in [5.41, 5.74) is 6.64. The molecule has 2 aliphatic rings. The van der Waals surface area contributed by atoms with Crippen LogP contribution in [0, 0.1) is 11.8 Å². The number of benzene rings is 1. The first kappa shape index (κ1) is 21.1. The fourth-order valence-corrected chi connectivity index (χ4v) is 4.03. The Balaban J connectivity index is 1.64. The number of hydrogen-bond acceptors (Lipinski definition) is 6. The third kappa shape index (κ3) is 4.70. The number of nitrogens with one attached hydrogen (secondary N) is 1. The number of ether oxygens (including phenoxy) is 2. The van der Waals surface area contributed by atoms with E-state index in [1.165, 1.54) is 7.11 Å². The standard InChI is InChI=1S/C21H29N3O5/c1-12(14-4-6-24(7-5-14)21(27)13(2)22)8-17(25)15-9-16-20(18(10-15)28-3)29-11-19(26)23-16/h9-10,12-14H,4-8,11,22H2,1-3H3,(H,23,26)/t12?,13-/m0/s1. The Kier molecular flexibility index (Phi) is 6.42. The van der Waals surface area contributed by atoms with Gasteiger partial charge in [0, 0.05) is 25.1 Å². The Morgan fingerprint density at radius 3 is 2.62 bits per heavy atom. The van der Waals surface area contributed by atoms with E-state index in [-0.39, 0.29) is 30.1 Å². The fraction of sp³-hybridized carbons (Fsp3) is 0.571. The van der Waals surface area contributed by atoms with Crippen LogP contribution in [0.3, 0.4) is 0 Å². The number of carbonyl (C=O) groups is 3. The second-order valence-electron chi connectivity index (χ2n) is 7.95. The third-order valence-electron chi connectivity index (χ3n) is 5.77. The molecule has 2 aliphatic heterocycles. The van der Waals surface area contributed by atoms with Crippen molar-refractivity contribution in [3.63, 3.8) is 0 Å². The Labute approximate surface area is 170 Å². The number of hydrogen-bond donors (Lipinski definition) is 2. The molecule has 0 aromatic heterocycles. The number of carbonyl (C=O) groups excluding carboxylic acids is 3. The zero-order valence-electron chi connectivity index (χ0n) is 17.2. The average Bonchev–Trinajstić information content (AvgIpc) is 2.71. The van der Waals surface area contributed by atoms with Crippen LogP contribution in [-0.2, 0) is 9.59 Å². The molecule has 1 saturated heterocycles. The van der Waals surface area contributed by atoms with E-state index >= 15 is 0 Å². The lowest BCUT2D eigenvalue weighted by Gasteiger charge is -2.35. The topological polar surface area (TPSA) is 111 Å². The maximum atomic E-state index is 12.9. The van der Waals surface area contributed by atoms with Gasteiger partial charge in [0.25, 0.3) is 5.91 Å². The van der Waals surface area contributed by atoms with Crippen molar-refractivity contribution in [1.82, 2.24) is 4.90 Å². The van der Waals surface area contributed by atoms with Crippen molar-refractivity contribution in [3.05, 3.63) is 17.7 Å². The van der Waals surface area contributed by atoms with Crippen LogP contribution in [0.15, 0.2) is 12.1 Å². The molecule has 8 nitrogen and oxygen atoms in total. The highest BCUT2D eigenvalue weighted by atomic mass is 16.5. The van der Waals surface area contributed by atoms with Gasteiger partial charge < -0.3 is 25.4 Å². The molecule has 3 rings (SSSR count). The second-order valence-corrected chi connectivity index (χ2v) is 7.95. The molecule has 29 heavy (non-hydrogen) atoms. The molecule has 0 spiro atoms. The first-order valence-electron chi connectivity index (χ1n) is 10.0. The number of nitrogens with zero attached hydrogens (tertiary/aromatic N) is 1. The van der Waals surface area contributed by atoms with Crippen LogP contribution < -0.4 is 20.5 Å². The fourth-order valence-electron chi connectivity index (χ4n) is 4.03. The van der Waals surface area contributed by atoms with Gasteiger partial charge >= 0.3 is 0 Å². The second kappa shape index (κ2) is 8.82. The van der Waals surface area contributed by atoms with Crippen LogP contribution in [0.2, 0.25) is 0 Å². The van der Waals surface area contributed by atoms with Crippen LogP contribution in [0.4, 0.5) is 5.69 Å². The Hall–Kier alpha value is -2.61. The van der Waals surface area contributed by atoms with Gasteiger partial charge in [0.05, 0.1) is 18.8 Å². The van der Waals surface area contributed by atoms with Gasteiger partial charge in [-0.3, -0.25) is 14.4 Å². The van der Waals surface area contributed by atoms with Crippen LogP contribution >= 0.6 is 0 Å². The normalized spacial score (nSPS) is 18.9. The minimum Gasteiger partial charge on any atom is -0.493 e. The van der Waals surface area contributed by atoms with Gasteiger partial charge in [0.2, 0.25) is 5.91 Å². The monoisotopic (exact) mass is 403 g/mol. The predicted octanol–water partition coefficient (Wildman–Crippen LogP) is 1.82. The molecule has 1 unspecified atom stereocenters. The quantitative estimate of drug-likeness (QED) is 0.701. The minimum absolute atomic E-state index is 0.00694. The highest BCUT2D eigenvalue weighted by molar-refractivity contribution is 6.01. The molecular weight excluding hydrogens is 374 g/mol. The van der Waals surface area contributed by atoms with Crippen LogP contribution in [0.25, 0.3) is 0 Å². The molecule has 2 heterocycles. The number of fused-ring (bicyclic) bond motifs is 1. The molecule has 1 aromatic carbocycles. The highest BCUT2D eigenvalue weighted by Gasteiger charge is 2.29. The average molecular weight is 403 g/mol. The first-order chi connectivity index (χ1) is 13.8. The summed E-state index contributed by atoms with van der Waals surface area (Å²) >= 11 is 0. The van der Waals surface area contributed by atoms with Crippen LogP contribution in [0.1, 0.15) is 43.5 Å². The minimum atomic E-state index is -0.478. The van der Waals surface area contributed by atoms with Gasteiger partial charge in [-0.15, -0.1) is 0 Å². The molecule has 0 saturated carbocycles. The van der Waals surface area contributed by atoms with Crippen molar-refractivity contribution in [2.75, 3.05) is 32.1 Å². The summed E-state index contributed by atoms with van der Waals surface area (Å²) in [6, 6.07) is 2.83. The maximum absolute atomic E-state index is 12.9. The molecular formula is C21H29N3O5. The SMILES string of the molecule is COc1cc(C(=O)CC(C)C2CCN(C(=O)[C@H](C)N)CC2)cc2c1OCC(=O)N2. The Bertz CT molecular complexity index is 800. The molecule has 158 valence electrons. The Morgan fingerprint density at radius 2 is 2.00 bits per heavy atom. The Morgan fingerprint density at radius 1 is 1.31 bits per heavy atom. The van der Waals surface area contributed by atoms with E-state index < -0.39 is 6.04 Å². The number of rotatable bonds is 6. The molecule has 3 N–H and O–H groups in total. The molecule has 0 radical (unpaired) electrons. The smallest absolute Gasteiger partial charge is 0.262 e. The summed E-state index contributed by atoms with van der Waals surface area (Å²) < 4.78 is 10.8. The molecule has 0 aliphatic carbocycles. The van der Waals surface area contributed by atoms with Crippen LogP contribution in [-0.4, -0.2) is 55.3 Å². The number of ketones is 1. The summed E-state index contributed by atoms with van der Waals surface area (Å²) in [6.07, 6.45) is 2.12. The van der Waals surface area contributed by atoms with Crippen molar-refractivity contribution in [2.45, 2.75) is 39.2 Å². The summed E-state index contributed by atoms with van der Waals surface area (Å²) in [6.45, 7) is 5.07. The van der Waals surface area contributed by atoms with Gasteiger partial charge in [-0.25, -0.2) is 0 Å². The summed E-state index contributed by atoms with van der Waals surface area (Å²) in [5, 5.41) is 2.73. The van der Waals surface area contributed by atoms with Gasteiger partial charge in [0.1, 0.15) is 0 Å². The summed E-state index contributed by atoms with van der Waals surface area (Å²) in [5.74, 6) is 1.15. The summed E-state index contributed by atoms with van der Waals surface area (Å²) in [4.78, 5) is 38.4. The van der Waals surface area contributed by atoms with Crippen molar-refractivity contribution in [2.24, 2.45) is 17.6 Å². The number of Topliss-reactive ketones (excluding diaryl/α,β-unsaturated/α-hetero) is 1. The van der Waals surface area contributed by atoms with Gasteiger partial charge in [0.15, 0.2) is 23.9 Å². The van der Waals surface area contributed by atoms with Gasteiger partial charge in [-0.05, 0) is 43.7 Å². The number of nitrogens with two attached hydrogens (primary N) is 1. The van der Waals surface area contributed by atoms with Crippen molar-refractivity contribution >= 4 is 23.3 Å². The first-order valence-corrected chi connectivity index (χ1v) is 10.0. The number of methoxy groups -OCH3 is 1. The van der Waals surface area contributed by atoms with E-state index in [0.717, 1.165) is 12.8 Å². The van der Waals surface area contributed by atoms with Gasteiger partial charge in [-0.1, -0.05) is 6.92 Å². The molecule has 2 amide bonds. The molecule has 2 atom stereocenters. The molecule has 8 heteroatoms. The van der Waals surface area contributed by atoms with E-state index in [0.29, 0.717) is 48.2 Å². The van der Waals surface area contributed by atoms with E-state index in [9.17, 15) is 14.4 Å². The van der Waals surface area contributed by atoms with Crippen molar-refractivity contribution in [1.29, 1.82) is 0 Å². The molecule has 1 aromatic rings. The van der Waals surface area contributed by atoms with E-state index in [1.54, 1.807) is 19.1 Å². The lowest BCUT2D eigenvalue weighted by molar-refractivity contribution is -0.133. The lowest BCUT2D eigenvalue weighted by Crippen LogP contribution is -2.46. The van der Waals surface area contributed by atoms with Crippen molar-refractivity contribution in [3.8, 4) is 11.5 Å². The van der Waals surface area contributed by atoms with E-state index in [2.05, 4.69) is 12.2 Å². The number of likely N-dealkylation sites (tertiary alicyclic amines) is 1. The largest absolute Gasteiger partial charge is 0.493 e. The summed E-state index contributed by atoms with van der Waals surface area (Å²) in [7, 11) is 1.50. The highest BCUT2D eigenvalue weighted by Crippen LogP contribution is 2.39. The third-order valence-corrected chi connectivity index (χ3v) is 5.77. The number of anilines is 1. The van der Waals surface area contributed by atoms with Gasteiger partial charge in [-0.2, -0.15) is 0 Å². The zero-order chi connectivity index (χ0) is 21.1. The van der Waals surface area contributed by atoms with E-state index in [1.807, 2.05) is 4.90 Å².